The minimum atomic E-state index is -1.23. The first-order chi connectivity index (χ1) is 26.4. The van der Waals surface area contributed by atoms with E-state index in [1.807, 2.05) is 34.6 Å². The van der Waals surface area contributed by atoms with Crippen LogP contribution in [0.25, 0.3) is 0 Å². The summed E-state index contributed by atoms with van der Waals surface area (Å²) in [4.78, 5) is 34.9. The first-order valence-corrected chi connectivity index (χ1v) is 20.7. The van der Waals surface area contributed by atoms with Gasteiger partial charge in [0.2, 0.25) is 17.7 Å². The molecule has 13 unspecified atom stereocenters. The van der Waals surface area contributed by atoms with Crippen LogP contribution in [0.4, 0.5) is 0 Å². The number of rotatable bonds is 29. The van der Waals surface area contributed by atoms with E-state index >= 15 is 0 Å². The maximum absolute atomic E-state index is 11.9. The molecule has 3 amide bonds. The van der Waals surface area contributed by atoms with Gasteiger partial charge in [0.15, 0.2) is 0 Å². The van der Waals surface area contributed by atoms with E-state index in [9.17, 15) is 55.2 Å². The zero-order valence-electron chi connectivity index (χ0n) is 36.7. The van der Waals surface area contributed by atoms with Crippen LogP contribution in [0.1, 0.15) is 121 Å². The molecule has 0 radical (unpaired) electrons. The molecule has 0 aromatic rings. The standard InChI is InChI=1S/C27H54N2O9.C14H29NO4/c1-16(13-31)11-22(14-32)24(29-20(5)35)25(36)17(2)12-27(6,7)38-15-21(9-8-10-30)23(28-19(4)34)26(37)18(3)33;1-9(2)5-6-12(18)14(15-11(4)17)13(19)7-10(3)8-16/h16-18,21-26,30-33,36-37H,8-15H2,1-7H3,(H,28,34)(H,29,35);9-10,12-14,16,18-19H,5-8H2,1-4H3,(H,15,17). The minimum Gasteiger partial charge on any atom is -0.396 e. The van der Waals surface area contributed by atoms with Gasteiger partial charge in [-0.25, -0.2) is 0 Å². The maximum atomic E-state index is 11.9. The Balaban J connectivity index is 0. The Labute approximate surface area is 342 Å². The van der Waals surface area contributed by atoms with E-state index in [-0.39, 0.29) is 68.5 Å². The number of carbonyl (C=O) groups is 3. The van der Waals surface area contributed by atoms with Gasteiger partial charge in [0.05, 0.1) is 54.7 Å². The maximum Gasteiger partial charge on any atom is 0.217 e. The van der Waals surface area contributed by atoms with Gasteiger partial charge in [-0.3, -0.25) is 14.4 Å². The molecule has 0 aromatic carbocycles. The second-order valence-electron chi connectivity index (χ2n) is 17.4. The molecule has 0 bridgehead atoms. The highest BCUT2D eigenvalue weighted by molar-refractivity contribution is 5.74. The molecule has 13 atom stereocenters. The third-order valence-corrected chi connectivity index (χ3v) is 10.2. The first-order valence-electron chi connectivity index (χ1n) is 20.7. The van der Waals surface area contributed by atoms with Gasteiger partial charge in [-0.1, -0.05) is 34.6 Å². The normalized spacial score (nSPS) is 18.9. The van der Waals surface area contributed by atoms with Crippen molar-refractivity contribution in [2.24, 2.45) is 35.5 Å². The quantitative estimate of drug-likeness (QED) is 0.0493. The Hall–Kier alpha value is -1.99. The molecule has 0 aliphatic rings. The Morgan fingerprint density at radius 3 is 1.49 bits per heavy atom. The zero-order chi connectivity index (χ0) is 44.6. The van der Waals surface area contributed by atoms with Crippen molar-refractivity contribution in [2.45, 2.75) is 175 Å². The lowest BCUT2D eigenvalue weighted by atomic mass is 9.80. The smallest absolute Gasteiger partial charge is 0.217 e. The number of hydrogen-bond acceptors (Lipinski definition) is 13. The summed E-state index contributed by atoms with van der Waals surface area (Å²) in [5, 5.41) is 97.8. The van der Waals surface area contributed by atoms with Crippen molar-refractivity contribution in [1.82, 2.24) is 16.0 Å². The second-order valence-corrected chi connectivity index (χ2v) is 17.4. The average molecular weight is 826 g/mol. The van der Waals surface area contributed by atoms with Crippen LogP contribution in [-0.2, 0) is 19.1 Å². The monoisotopic (exact) mass is 826 g/mol. The molecule has 0 aromatic heterocycles. The Bertz CT molecular complexity index is 1080. The molecular weight excluding hydrogens is 742 g/mol. The van der Waals surface area contributed by atoms with E-state index in [1.54, 1.807) is 0 Å². The largest absolute Gasteiger partial charge is 0.396 e. The van der Waals surface area contributed by atoms with Gasteiger partial charge in [-0.15, -0.1) is 0 Å². The van der Waals surface area contributed by atoms with Gasteiger partial charge in [0.25, 0.3) is 0 Å². The molecule has 0 aliphatic carbocycles. The highest BCUT2D eigenvalue weighted by Gasteiger charge is 2.37. The predicted octanol–water partition coefficient (Wildman–Crippen LogP) is 0.603. The van der Waals surface area contributed by atoms with Gasteiger partial charge < -0.3 is 66.6 Å². The Morgan fingerprint density at radius 2 is 1.07 bits per heavy atom. The van der Waals surface area contributed by atoms with Crippen LogP contribution >= 0.6 is 0 Å². The van der Waals surface area contributed by atoms with Crippen molar-refractivity contribution >= 4 is 17.7 Å². The van der Waals surface area contributed by atoms with Gasteiger partial charge >= 0.3 is 0 Å². The highest BCUT2D eigenvalue weighted by atomic mass is 16.5. The van der Waals surface area contributed by atoms with Crippen LogP contribution in [0.3, 0.4) is 0 Å². The summed E-state index contributed by atoms with van der Waals surface area (Å²) in [7, 11) is 0. The molecule has 12 N–H and O–H groups in total. The fraction of sp³-hybridized carbons (Fsp3) is 0.927. The van der Waals surface area contributed by atoms with Crippen LogP contribution in [-0.4, -0.2) is 151 Å². The number of ether oxygens (including phenoxy) is 1. The highest BCUT2D eigenvalue weighted by Crippen LogP contribution is 2.29. The lowest BCUT2D eigenvalue weighted by Crippen LogP contribution is -2.53. The van der Waals surface area contributed by atoms with Crippen molar-refractivity contribution in [3.05, 3.63) is 0 Å². The van der Waals surface area contributed by atoms with Crippen molar-refractivity contribution in [1.29, 1.82) is 0 Å². The lowest BCUT2D eigenvalue weighted by molar-refractivity contribution is -0.124. The molecular formula is C41H83N3O13. The zero-order valence-corrected chi connectivity index (χ0v) is 36.7. The lowest BCUT2D eigenvalue weighted by Gasteiger charge is -2.39. The van der Waals surface area contributed by atoms with Gasteiger partial charge in [-0.05, 0) is 89.4 Å². The van der Waals surface area contributed by atoms with Crippen LogP contribution in [0.15, 0.2) is 0 Å². The SMILES string of the molecule is CC(=O)NC(C(CCCO)COC(C)(C)CC(C)C(O)C(NC(C)=O)C(CO)CC(C)CO)C(O)C(C)O.CC(=O)NC(C(O)CCC(C)C)C(O)CC(C)CO. The molecule has 0 saturated carbocycles. The van der Waals surface area contributed by atoms with E-state index < -0.39 is 66.1 Å². The summed E-state index contributed by atoms with van der Waals surface area (Å²) in [6, 6.07) is -2.19. The molecule has 0 aliphatic heterocycles. The molecule has 0 saturated heterocycles. The topological polar surface area (TPSA) is 279 Å². The van der Waals surface area contributed by atoms with Gasteiger partial charge in [0, 0.05) is 59.0 Å². The van der Waals surface area contributed by atoms with E-state index in [2.05, 4.69) is 29.8 Å². The second kappa shape index (κ2) is 30.1. The van der Waals surface area contributed by atoms with Crippen LogP contribution in [0.2, 0.25) is 0 Å². The Kier molecular flexibility index (Phi) is 30.2. The molecule has 340 valence electrons. The number of aliphatic hydroxyl groups is 9. The summed E-state index contributed by atoms with van der Waals surface area (Å²) in [6.45, 7) is 18.4. The van der Waals surface area contributed by atoms with Crippen LogP contribution < -0.4 is 16.0 Å². The number of hydrogen-bond donors (Lipinski definition) is 12. The van der Waals surface area contributed by atoms with E-state index in [1.165, 1.54) is 27.7 Å². The number of amides is 3. The van der Waals surface area contributed by atoms with Gasteiger partial charge in [0.1, 0.15) is 6.10 Å². The van der Waals surface area contributed by atoms with Crippen molar-refractivity contribution in [3.8, 4) is 0 Å². The van der Waals surface area contributed by atoms with Crippen molar-refractivity contribution in [2.75, 3.05) is 33.0 Å². The van der Waals surface area contributed by atoms with Crippen LogP contribution in [0.5, 0.6) is 0 Å². The minimum absolute atomic E-state index is 0.0219. The van der Waals surface area contributed by atoms with Crippen LogP contribution in [0, 0.1) is 35.5 Å². The van der Waals surface area contributed by atoms with Crippen molar-refractivity contribution in [3.63, 3.8) is 0 Å². The number of carbonyl (C=O) groups excluding carboxylic acids is 3. The fourth-order valence-corrected chi connectivity index (χ4v) is 7.02. The average Bonchev–Trinajstić information content (AvgIpc) is 3.12. The molecule has 16 nitrogen and oxygen atoms in total. The molecule has 0 heterocycles. The summed E-state index contributed by atoms with van der Waals surface area (Å²) < 4.78 is 6.22. The summed E-state index contributed by atoms with van der Waals surface area (Å²) >= 11 is 0. The number of nitrogens with one attached hydrogen (secondary N) is 3. The summed E-state index contributed by atoms with van der Waals surface area (Å²) in [5.74, 6) is -1.90. The van der Waals surface area contributed by atoms with E-state index in [0.717, 1.165) is 6.42 Å². The van der Waals surface area contributed by atoms with E-state index in [4.69, 9.17) is 9.84 Å². The predicted molar refractivity (Wildman–Crippen MR) is 219 cm³/mol. The first kappa shape index (κ1) is 57.1. The van der Waals surface area contributed by atoms with Crippen molar-refractivity contribution < 1.29 is 65.1 Å². The molecule has 0 rings (SSSR count). The third-order valence-electron chi connectivity index (χ3n) is 10.2. The third kappa shape index (κ3) is 25.3. The van der Waals surface area contributed by atoms with Gasteiger partial charge in [-0.2, -0.15) is 0 Å². The number of aliphatic hydroxyl groups excluding tert-OH is 9. The summed E-state index contributed by atoms with van der Waals surface area (Å²) in [6.07, 6.45) is -1.58. The molecule has 0 fully saturated rings. The Morgan fingerprint density at radius 1 is 0.596 bits per heavy atom. The fourth-order valence-electron chi connectivity index (χ4n) is 7.02. The molecule has 16 heteroatoms. The molecule has 0 spiro atoms. The van der Waals surface area contributed by atoms with E-state index in [0.29, 0.717) is 44.4 Å². The summed E-state index contributed by atoms with van der Waals surface area (Å²) in [5.41, 5.74) is -0.762. The molecule has 57 heavy (non-hydrogen) atoms.